The van der Waals surface area contributed by atoms with Crippen LogP contribution in [0.5, 0.6) is 0 Å². The predicted molar refractivity (Wildman–Crippen MR) is 136 cm³/mol. The van der Waals surface area contributed by atoms with Gasteiger partial charge in [0.05, 0.1) is 16.3 Å². The van der Waals surface area contributed by atoms with Gasteiger partial charge in [0.2, 0.25) is 11.8 Å². The average molecular weight is 502 g/mol. The lowest BCUT2D eigenvalue weighted by Gasteiger charge is -2.09. The van der Waals surface area contributed by atoms with Crippen LogP contribution in [-0.4, -0.2) is 21.8 Å². The predicted octanol–water partition coefficient (Wildman–Crippen LogP) is 6.72. The Morgan fingerprint density at radius 3 is 2.62 bits per heavy atom. The third kappa shape index (κ3) is 5.61. The summed E-state index contributed by atoms with van der Waals surface area (Å²) >= 11 is 18.9. The number of carbonyl (C=O) groups excluding carboxylic acids is 1. The minimum absolute atomic E-state index is 0.205. The number of benzene rings is 3. The minimum atomic E-state index is -0.207. The van der Waals surface area contributed by atoms with Crippen LogP contribution < -0.4 is 10.6 Å². The molecule has 0 aliphatic carbocycles. The van der Waals surface area contributed by atoms with E-state index in [2.05, 4.69) is 15.6 Å². The second kappa shape index (κ2) is 9.92. The first-order chi connectivity index (χ1) is 15.4. The monoisotopic (exact) mass is 501 g/mol. The molecule has 2 N–H and O–H groups in total. The van der Waals surface area contributed by atoms with Crippen molar-refractivity contribution in [3.8, 4) is 11.5 Å². The number of aromatic nitrogens is 1. The molecule has 5 nitrogen and oxygen atoms in total. The summed E-state index contributed by atoms with van der Waals surface area (Å²) in [6, 6.07) is 18.4. The van der Waals surface area contributed by atoms with E-state index in [0.717, 1.165) is 16.0 Å². The van der Waals surface area contributed by atoms with Crippen LogP contribution in [0.4, 0.5) is 5.69 Å². The van der Waals surface area contributed by atoms with E-state index >= 15 is 0 Å². The van der Waals surface area contributed by atoms with Crippen LogP contribution in [0.2, 0.25) is 10.0 Å². The number of rotatable bonds is 5. The minimum Gasteiger partial charge on any atom is -0.436 e. The molecule has 4 aromatic rings. The summed E-state index contributed by atoms with van der Waals surface area (Å²) in [4.78, 5) is 17.7. The maximum Gasteiger partial charge on any atom is 0.236 e. The Hall–Kier alpha value is -2.58. The molecule has 0 spiro atoms. The molecule has 0 saturated heterocycles. The zero-order chi connectivity index (χ0) is 22.7. The van der Waals surface area contributed by atoms with Crippen molar-refractivity contribution in [3.63, 3.8) is 0 Å². The van der Waals surface area contributed by atoms with Crippen molar-refractivity contribution in [2.24, 2.45) is 0 Å². The van der Waals surface area contributed by atoms with E-state index in [1.165, 1.54) is 11.8 Å². The molecule has 0 unspecified atom stereocenters. The van der Waals surface area contributed by atoms with Crippen molar-refractivity contribution >= 4 is 75.0 Å². The summed E-state index contributed by atoms with van der Waals surface area (Å²) in [5.41, 5.74) is 3.74. The summed E-state index contributed by atoms with van der Waals surface area (Å²) in [7, 11) is 0. The van der Waals surface area contributed by atoms with Crippen LogP contribution in [0.25, 0.3) is 22.6 Å². The quantitative estimate of drug-likeness (QED) is 0.233. The van der Waals surface area contributed by atoms with Gasteiger partial charge in [-0.1, -0.05) is 29.3 Å². The van der Waals surface area contributed by atoms with Gasteiger partial charge in [-0.05, 0) is 79.3 Å². The number of nitrogens with zero attached hydrogens (tertiary/aromatic N) is 1. The average Bonchev–Trinajstić information content (AvgIpc) is 3.16. The Kier molecular flexibility index (Phi) is 7.01. The number of nitrogens with one attached hydrogen (secondary N) is 2. The van der Waals surface area contributed by atoms with E-state index in [1.807, 2.05) is 37.3 Å². The molecular formula is C23H17Cl2N3O2S2. The first-order valence-electron chi connectivity index (χ1n) is 9.54. The Bertz CT molecular complexity index is 1310. The van der Waals surface area contributed by atoms with Crippen LogP contribution in [0.15, 0.2) is 70.0 Å². The molecular weight excluding hydrogens is 485 g/mol. The highest BCUT2D eigenvalue weighted by Gasteiger charge is 2.13. The van der Waals surface area contributed by atoms with Crippen molar-refractivity contribution in [3.05, 3.63) is 76.3 Å². The number of aryl methyl sites for hydroxylation is 1. The second-order valence-electron chi connectivity index (χ2n) is 6.93. The molecule has 0 fully saturated rings. The molecule has 0 bridgehead atoms. The van der Waals surface area contributed by atoms with Gasteiger partial charge in [0.25, 0.3) is 0 Å². The lowest BCUT2D eigenvalue weighted by atomic mass is 10.1. The van der Waals surface area contributed by atoms with Crippen LogP contribution in [0, 0.1) is 6.92 Å². The number of thioether (sulfide) groups is 1. The summed E-state index contributed by atoms with van der Waals surface area (Å²) in [5, 5.41) is 7.12. The van der Waals surface area contributed by atoms with Crippen molar-refractivity contribution in [2.75, 3.05) is 11.1 Å². The van der Waals surface area contributed by atoms with Crippen molar-refractivity contribution < 1.29 is 9.21 Å². The van der Waals surface area contributed by atoms with E-state index in [-0.39, 0.29) is 16.8 Å². The molecule has 32 heavy (non-hydrogen) atoms. The number of carbonyl (C=O) groups is 1. The third-order valence-electron chi connectivity index (χ3n) is 4.44. The molecule has 0 aliphatic rings. The van der Waals surface area contributed by atoms with Gasteiger partial charge in [0, 0.05) is 15.6 Å². The Balaban J connectivity index is 1.38. The Morgan fingerprint density at radius 2 is 1.88 bits per heavy atom. The SMILES string of the molecule is Cc1ccc(-c2nc3cc(NC(=S)NC(=O)CSc4ccc(Cl)cc4)ccc3o2)c(Cl)c1. The van der Waals surface area contributed by atoms with Gasteiger partial charge in [-0.25, -0.2) is 4.98 Å². The number of thiocarbonyl (C=S) groups is 1. The van der Waals surface area contributed by atoms with Gasteiger partial charge in [0.1, 0.15) is 5.52 Å². The highest BCUT2D eigenvalue weighted by Crippen LogP contribution is 2.31. The highest BCUT2D eigenvalue weighted by molar-refractivity contribution is 8.00. The van der Waals surface area contributed by atoms with Crippen LogP contribution in [0.1, 0.15) is 5.56 Å². The summed E-state index contributed by atoms with van der Waals surface area (Å²) < 4.78 is 5.84. The van der Waals surface area contributed by atoms with Crippen molar-refractivity contribution in [1.29, 1.82) is 0 Å². The molecule has 0 atom stereocenters. The maximum atomic E-state index is 12.2. The van der Waals surface area contributed by atoms with E-state index in [0.29, 0.717) is 32.7 Å². The number of hydrogen-bond donors (Lipinski definition) is 2. The molecule has 0 radical (unpaired) electrons. The fraction of sp³-hybridized carbons (Fsp3) is 0.0870. The normalized spacial score (nSPS) is 10.8. The fourth-order valence-electron chi connectivity index (χ4n) is 2.92. The largest absolute Gasteiger partial charge is 0.436 e. The molecule has 1 heterocycles. The number of oxazole rings is 1. The lowest BCUT2D eigenvalue weighted by Crippen LogP contribution is -2.35. The van der Waals surface area contributed by atoms with E-state index in [4.69, 9.17) is 39.8 Å². The third-order valence-corrected chi connectivity index (χ3v) is 6.22. The lowest BCUT2D eigenvalue weighted by molar-refractivity contribution is -0.117. The standard InChI is InChI=1S/C23H17Cl2N3O2S2/c1-13-2-8-17(18(25)10-13)22-27-19-11-15(5-9-20(19)30-22)26-23(31)28-21(29)12-32-16-6-3-14(24)4-7-16/h2-11H,12H2,1H3,(H2,26,28,29,31). The van der Waals surface area contributed by atoms with E-state index in [9.17, 15) is 4.79 Å². The number of hydrogen-bond acceptors (Lipinski definition) is 5. The molecule has 4 rings (SSSR count). The first-order valence-corrected chi connectivity index (χ1v) is 11.7. The molecule has 1 aromatic heterocycles. The van der Waals surface area contributed by atoms with Gasteiger partial charge in [-0.15, -0.1) is 11.8 Å². The second-order valence-corrected chi connectivity index (χ2v) is 9.23. The summed E-state index contributed by atoms with van der Waals surface area (Å²) in [6.07, 6.45) is 0. The fourth-order valence-corrected chi connectivity index (χ4v) is 4.29. The summed E-state index contributed by atoms with van der Waals surface area (Å²) in [6.45, 7) is 1.97. The zero-order valence-corrected chi connectivity index (χ0v) is 20.0. The van der Waals surface area contributed by atoms with E-state index in [1.54, 1.807) is 30.3 Å². The number of fused-ring (bicyclic) bond motifs is 1. The number of halogens is 2. The van der Waals surface area contributed by atoms with Crippen LogP contribution >= 0.6 is 47.2 Å². The van der Waals surface area contributed by atoms with Gasteiger partial charge in [-0.2, -0.15) is 0 Å². The molecule has 0 saturated carbocycles. The van der Waals surface area contributed by atoms with Crippen LogP contribution in [-0.2, 0) is 4.79 Å². The molecule has 1 amide bonds. The van der Waals surface area contributed by atoms with Gasteiger partial charge >= 0.3 is 0 Å². The van der Waals surface area contributed by atoms with Crippen molar-refractivity contribution in [2.45, 2.75) is 11.8 Å². The summed E-state index contributed by atoms with van der Waals surface area (Å²) in [5.74, 6) is 0.463. The number of anilines is 1. The van der Waals surface area contributed by atoms with Gasteiger partial charge in [0.15, 0.2) is 10.7 Å². The molecule has 162 valence electrons. The zero-order valence-electron chi connectivity index (χ0n) is 16.8. The molecule has 3 aromatic carbocycles. The Morgan fingerprint density at radius 1 is 1.09 bits per heavy atom. The smallest absolute Gasteiger partial charge is 0.236 e. The topological polar surface area (TPSA) is 67.2 Å². The molecule has 9 heteroatoms. The van der Waals surface area contributed by atoms with Gasteiger partial charge in [-0.3, -0.25) is 4.79 Å². The molecule has 0 aliphatic heterocycles. The van der Waals surface area contributed by atoms with Gasteiger partial charge < -0.3 is 15.1 Å². The number of amides is 1. The van der Waals surface area contributed by atoms with Crippen molar-refractivity contribution in [1.82, 2.24) is 10.3 Å². The first kappa shape index (κ1) is 22.6. The maximum absolute atomic E-state index is 12.2. The Labute approximate surface area is 204 Å². The highest BCUT2D eigenvalue weighted by atomic mass is 35.5. The van der Waals surface area contributed by atoms with Crippen LogP contribution in [0.3, 0.4) is 0 Å². The van der Waals surface area contributed by atoms with E-state index < -0.39 is 0 Å².